The van der Waals surface area contributed by atoms with Crippen LogP contribution in [0.3, 0.4) is 0 Å². The fourth-order valence-electron chi connectivity index (χ4n) is 1.21. The van der Waals surface area contributed by atoms with E-state index in [0.717, 1.165) is 0 Å². The van der Waals surface area contributed by atoms with Gasteiger partial charge in [0, 0.05) is 19.6 Å². The van der Waals surface area contributed by atoms with E-state index in [2.05, 4.69) is 10.4 Å². The lowest BCUT2D eigenvalue weighted by Crippen LogP contribution is -2.53. The predicted molar refractivity (Wildman–Crippen MR) is 45.2 cm³/mol. The zero-order chi connectivity index (χ0) is 9.84. The second kappa shape index (κ2) is 4.22. The molecule has 0 saturated carbocycles. The first-order chi connectivity index (χ1) is 6.11. The van der Waals surface area contributed by atoms with Crippen LogP contribution in [0.1, 0.15) is 0 Å². The summed E-state index contributed by atoms with van der Waals surface area (Å²) in [5.41, 5.74) is 10.2. The topological polar surface area (TPSA) is 79.7 Å². The number of hydrazone groups is 1. The minimum Gasteiger partial charge on any atom is -0.369 e. The largest absolute Gasteiger partial charge is 0.369 e. The summed E-state index contributed by atoms with van der Waals surface area (Å²) in [7, 11) is 0. The van der Waals surface area contributed by atoms with E-state index in [1.807, 2.05) is 0 Å². The Bertz CT molecular complexity index is 191. The smallest absolute Gasteiger partial charge is 0.261 e. The highest BCUT2D eigenvalue weighted by Crippen LogP contribution is 2.11. The van der Waals surface area contributed by atoms with Gasteiger partial charge in [0.05, 0.1) is 0 Å². The van der Waals surface area contributed by atoms with E-state index in [0.29, 0.717) is 13.1 Å². The summed E-state index contributed by atoms with van der Waals surface area (Å²) in [6.07, 6.45) is -2.45. The normalized spacial score (nSPS) is 23.3. The molecule has 1 unspecified atom stereocenters. The molecule has 13 heavy (non-hydrogen) atoms. The van der Waals surface area contributed by atoms with Gasteiger partial charge in [0.1, 0.15) is 6.04 Å². The number of halogens is 2. The summed E-state index contributed by atoms with van der Waals surface area (Å²) < 4.78 is 24.8. The lowest BCUT2D eigenvalue weighted by atomic mass is 10.2. The third kappa shape index (κ3) is 2.69. The molecule has 1 rings (SSSR count). The number of nitrogens with two attached hydrogens (primary N) is 2. The van der Waals surface area contributed by atoms with Gasteiger partial charge in [-0.3, -0.25) is 5.01 Å². The van der Waals surface area contributed by atoms with Gasteiger partial charge in [-0.05, 0) is 0 Å². The first-order valence-corrected chi connectivity index (χ1v) is 3.96. The molecule has 0 aromatic heterocycles. The van der Waals surface area contributed by atoms with Crippen molar-refractivity contribution < 1.29 is 8.78 Å². The molecular weight excluding hydrogens is 180 g/mol. The molecule has 0 radical (unpaired) electrons. The molecule has 1 fully saturated rings. The fraction of sp³-hybridized carbons (Fsp3) is 0.833. The monoisotopic (exact) mass is 193 g/mol. The van der Waals surface area contributed by atoms with Gasteiger partial charge in [-0.25, -0.2) is 8.78 Å². The molecule has 0 aromatic rings. The van der Waals surface area contributed by atoms with E-state index in [-0.39, 0.29) is 12.5 Å². The molecule has 0 aromatic carbocycles. The first kappa shape index (κ1) is 9.97. The van der Waals surface area contributed by atoms with E-state index in [4.69, 9.17) is 11.5 Å². The summed E-state index contributed by atoms with van der Waals surface area (Å²) in [5, 5.41) is 7.70. The summed E-state index contributed by atoms with van der Waals surface area (Å²) in [6, 6.07) is -0.934. The van der Waals surface area contributed by atoms with Crippen LogP contribution in [0.2, 0.25) is 0 Å². The number of nitrogens with zero attached hydrogens (tertiary/aromatic N) is 2. The SMILES string of the molecule is NC(N)=NN1CCNCC1C(F)F. The van der Waals surface area contributed by atoms with Gasteiger partial charge in [0.15, 0.2) is 0 Å². The highest BCUT2D eigenvalue weighted by molar-refractivity contribution is 5.75. The standard InChI is InChI=1S/C6H13F2N5/c7-5(8)4-3-11-1-2-13(4)12-6(9)10/h4-5,11H,1-3H2,(H4,9,10,12). The van der Waals surface area contributed by atoms with Gasteiger partial charge in [-0.2, -0.15) is 0 Å². The van der Waals surface area contributed by atoms with Crippen molar-refractivity contribution in [1.82, 2.24) is 10.3 Å². The van der Waals surface area contributed by atoms with Crippen molar-refractivity contribution >= 4 is 5.96 Å². The Morgan fingerprint density at radius 2 is 2.23 bits per heavy atom. The number of hydrogen-bond donors (Lipinski definition) is 3. The Morgan fingerprint density at radius 1 is 1.54 bits per heavy atom. The molecule has 1 aliphatic rings. The molecule has 7 heteroatoms. The second-order valence-electron chi connectivity index (χ2n) is 2.79. The fourth-order valence-corrected chi connectivity index (χ4v) is 1.21. The van der Waals surface area contributed by atoms with Crippen LogP contribution < -0.4 is 16.8 Å². The number of rotatable bonds is 2. The Hall–Kier alpha value is -1.11. The zero-order valence-corrected chi connectivity index (χ0v) is 7.08. The van der Waals surface area contributed by atoms with E-state index in [9.17, 15) is 8.78 Å². The summed E-state index contributed by atoms with van der Waals surface area (Å²) in [4.78, 5) is 0. The van der Waals surface area contributed by atoms with Crippen LogP contribution in [0.4, 0.5) is 8.78 Å². The van der Waals surface area contributed by atoms with Gasteiger partial charge in [0.25, 0.3) is 6.43 Å². The van der Waals surface area contributed by atoms with Crippen molar-refractivity contribution in [3.8, 4) is 0 Å². The highest BCUT2D eigenvalue weighted by Gasteiger charge is 2.29. The third-order valence-corrected chi connectivity index (χ3v) is 1.79. The first-order valence-electron chi connectivity index (χ1n) is 3.96. The molecule has 0 amide bonds. The maximum Gasteiger partial charge on any atom is 0.261 e. The molecule has 5 nitrogen and oxygen atoms in total. The van der Waals surface area contributed by atoms with E-state index in [1.165, 1.54) is 5.01 Å². The van der Waals surface area contributed by atoms with E-state index in [1.54, 1.807) is 0 Å². The van der Waals surface area contributed by atoms with Crippen LogP contribution in [-0.4, -0.2) is 43.1 Å². The average Bonchev–Trinajstić information content (AvgIpc) is 2.03. The van der Waals surface area contributed by atoms with Crippen molar-refractivity contribution in [2.24, 2.45) is 16.6 Å². The maximum absolute atomic E-state index is 12.4. The molecular formula is C6H13F2N5. The number of guanidine groups is 1. The number of piperazine rings is 1. The summed E-state index contributed by atoms with van der Waals surface area (Å²) in [6.45, 7) is 1.21. The second-order valence-corrected chi connectivity index (χ2v) is 2.79. The van der Waals surface area contributed by atoms with Crippen LogP contribution in [0, 0.1) is 0 Å². The van der Waals surface area contributed by atoms with Gasteiger partial charge in [-0.15, -0.1) is 5.10 Å². The molecule has 76 valence electrons. The van der Waals surface area contributed by atoms with Crippen LogP contribution in [0.15, 0.2) is 5.10 Å². The molecule has 0 bridgehead atoms. The summed E-state index contributed by atoms with van der Waals surface area (Å²) in [5.74, 6) is -0.187. The predicted octanol–water partition coefficient (Wildman–Crippen LogP) is -1.29. The Labute approximate surface area is 74.7 Å². The molecule has 1 heterocycles. The number of hydrogen-bond acceptors (Lipinski definition) is 3. The van der Waals surface area contributed by atoms with Crippen molar-refractivity contribution in [2.45, 2.75) is 12.5 Å². The van der Waals surface area contributed by atoms with Crippen molar-refractivity contribution in [3.05, 3.63) is 0 Å². The lowest BCUT2D eigenvalue weighted by Gasteiger charge is -2.33. The Morgan fingerprint density at radius 3 is 2.77 bits per heavy atom. The Balaban J connectivity index is 2.62. The van der Waals surface area contributed by atoms with Crippen molar-refractivity contribution in [1.29, 1.82) is 0 Å². The van der Waals surface area contributed by atoms with E-state index < -0.39 is 12.5 Å². The number of nitrogens with one attached hydrogen (secondary N) is 1. The molecule has 5 N–H and O–H groups in total. The van der Waals surface area contributed by atoms with Crippen molar-refractivity contribution in [2.75, 3.05) is 19.6 Å². The summed E-state index contributed by atoms with van der Waals surface area (Å²) >= 11 is 0. The third-order valence-electron chi connectivity index (χ3n) is 1.79. The zero-order valence-electron chi connectivity index (χ0n) is 7.08. The molecule has 0 aliphatic carbocycles. The average molecular weight is 193 g/mol. The van der Waals surface area contributed by atoms with Gasteiger partial charge in [-0.1, -0.05) is 0 Å². The van der Waals surface area contributed by atoms with Gasteiger partial charge in [0.2, 0.25) is 5.96 Å². The number of alkyl halides is 2. The highest BCUT2D eigenvalue weighted by atomic mass is 19.3. The quantitative estimate of drug-likeness (QED) is 0.377. The van der Waals surface area contributed by atoms with E-state index >= 15 is 0 Å². The van der Waals surface area contributed by atoms with Gasteiger partial charge >= 0.3 is 0 Å². The minimum absolute atomic E-state index is 0.187. The van der Waals surface area contributed by atoms with Crippen LogP contribution >= 0.6 is 0 Å². The molecule has 1 saturated heterocycles. The Kier molecular flexibility index (Phi) is 3.24. The minimum atomic E-state index is -2.45. The molecule has 0 spiro atoms. The van der Waals surface area contributed by atoms with Crippen molar-refractivity contribution in [3.63, 3.8) is 0 Å². The molecule has 1 atom stereocenters. The molecule has 1 aliphatic heterocycles. The van der Waals surface area contributed by atoms with Crippen LogP contribution in [0.5, 0.6) is 0 Å². The van der Waals surface area contributed by atoms with Crippen LogP contribution in [-0.2, 0) is 0 Å². The van der Waals surface area contributed by atoms with Gasteiger partial charge < -0.3 is 16.8 Å². The maximum atomic E-state index is 12.4. The van der Waals surface area contributed by atoms with Crippen LogP contribution in [0.25, 0.3) is 0 Å². The lowest BCUT2D eigenvalue weighted by molar-refractivity contribution is 0.0137.